The molecule has 0 heterocycles. The number of methoxy groups -OCH3 is 2. The highest BCUT2D eigenvalue weighted by atomic mass is 16.5. The molecule has 1 aromatic carbocycles. The molecule has 0 aliphatic heterocycles. The van der Waals surface area contributed by atoms with E-state index >= 15 is 0 Å². The summed E-state index contributed by atoms with van der Waals surface area (Å²) in [6.07, 6.45) is 0. The van der Waals surface area contributed by atoms with E-state index in [-0.39, 0.29) is 11.7 Å². The largest absolute Gasteiger partial charge is 0.504 e. The van der Waals surface area contributed by atoms with Gasteiger partial charge in [-0.25, -0.2) is 0 Å². The summed E-state index contributed by atoms with van der Waals surface area (Å²) in [5.74, 6) is 0.431. The number of amides is 1. The zero-order valence-electron chi connectivity index (χ0n) is 8.83. The maximum absolute atomic E-state index is 10.9. The molecule has 0 unspecified atom stereocenters. The Bertz CT molecular complexity index is 376. The SMILES string of the molecule is COc1cc(OC)c(NC(C)=O)cc1O. The third-order valence-electron chi connectivity index (χ3n) is 1.81. The Balaban J connectivity index is 3.15. The fourth-order valence-corrected chi connectivity index (χ4v) is 1.17. The van der Waals surface area contributed by atoms with Crippen molar-refractivity contribution in [3.05, 3.63) is 12.1 Å². The van der Waals surface area contributed by atoms with Crippen molar-refractivity contribution in [1.29, 1.82) is 0 Å². The van der Waals surface area contributed by atoms with Gasteiger partial charge in [0, 0.05) is 19.1 Å². The molecule has 0 spiro atoms. The Labute approximate surface area is 87.6 Å². The van der Waals surface area contributed by atoms with Gasteiger partial charge in [-0.05, 0) is 0 Å². The van der Waals surface area contributed by atoms with Crippen LogP contribution < -0.4 is 14.8 Å². The standard InChI is InChI=1S/C10H13NO4/c1-6(12)11-7-4-8(13)10(15-3)5-9(7)14-2/h4-5,13H,1-3H3,(H,11,12). The Morgan fingerprint density at radius 3 is 2.33 bits per heavy atom. The Morgan fingerprint density at radius 2 is 1.87 bits per heavy atom. The number of phenols is 1. The summed E-state index contributed by atoms with van der Waals surface area (Å²) in [7, 11) is 2.91. The predicted octanol–water partition coefficient (Wildman–Crippen LogP) is 1.37. The van der Waals surface area contributed by atoms with Crippen molar-refractivity contribution < 1.29 is 19.4 Å². The fourth-order valence-electron chi connectivity index (χ4n) is 1.17. The quantitative estimate of drug-likeness (QED) is 0.792. The minimum atomic E-state index is -0.238. The van der Waals surface area contributed by atoms with Gasteiger partial charge in [-0.1, -0.05) is 0 Å². The van der Waals surface area contributed by atoms with Crippen LogP contribution in [0.25, 0.3) is 0 Å². The molecule has 1 rings (SSSR count). The first-order valence-electron chi connectivity index (χ1n) is 4.31. The van der Waals surface area contributed by atoms with E-state index in [0.29, 0.717) is 17.2 Å². The zero-order chi connectivity index (χ0) is 11.4. The van der Waals surface area contributed by atoms with Crippen LogP contribution in [-0.4, -0.2) is 25.2 Å². The van der Waals surface area contributed by atoms with Gasteiger partial charge in [-0.15, -0.1) is 0 Å². The first kappa shape index (κ1) is 11.2. The van der Waals surface area contributed by atoms with E-state index in [1.807, 2.05) is 0 Å². The average Bonchev–Trinajstić information content (AvgIpc) is 2.17. The fraction of sp³-hybridized carbons (Fsp3) is 0.300. The van der Waals surface area contributed by atoms with Gasteiger partial charge in [0.2, 0.25) is 5.91 Å². The molecule has 0 radical (unpaired) electrons. The monoisotopic (exact) mass is 211 g/mol. The van der Waals surface area contributed by atoms with Crippen LogP contribution >= 0.6 is 0 Å². The van der Waals surface area contributed by atoms with Crippen molar-refractivity contribution in [3.63, 3.8) is 0 Å². The lowest BCUT2D eigenvalue weighted by Crippen LogP contribution is -2.07. The van der Waals surface area contributed by atoms with E-state index in [2.05, 4.69) is 5.32 Å². The molecular weight excluding hydrogens is 198 g/mol. The molecule has 0 saturated heterocycles. The van der Waals surface area contributed by atoms with Crippen molar-refractivity contribution >= 4 is 11.6 Å². The van der Waals surface area contributed by atoms with Gasteiger partial charge in [0.25, 0.3) is 0 Å². The summed E-state index contributed by atoms with van der Waals surface area (Å²) >= 11 is 0. The molecule has 5 nitrogen and oxygen atoms in total. The number of anilines is 1. The van der Waals surface area contributed by atoms with E-state index in [1.165, 1.54) is 33.3 Å². The van der Waals surface area contributed by atoms with Crippen LogP contribution in [0.3, 0.4) is 0 Å². The second-order valence-corrected chi connectivity index (χ2v) is 2.91. The lowest BCUT2D eigenvalue weighted by molar-refractivity contribution is -0.114. The normalized spacial score (nSPS) is 9.53. The number of hydrogen-bond acceptors (Lipinski definition) is 4. The van der Waals surface area contributed by atoms with E-state index in [0.717, 1.165) is 0 Å². The summed E-state index contributed by atoms with van der Waals surface area (Å²) in [5, 5.41) is 12.0. The van der Waals surface area contributed by atoms with E-state index in [4.69, 9.17) is 9.47 Å². The van der Waals surface area contributed by atoms with E-state index in [1.54, 1.807) is 0 Å². The smallest absolute Gasteiger partial charge is 0.221 e. The van der Waals surface area contributed by atoms with E-state index in [9.17, 15) is 9.90 Å². The second-order valence-electron chi connectivity index (χ2n) is 2.91. The van der Waals surface area contributed by atoms with Gasteiger partial charge in [-0.2, -0.15) is 0 Å². The van der Waals surface area contributed by atoms with Crippen LogP contribution in [0.5, 0.6) is 17.2 Å². The molecule has 0 aliphatic rings. The van der Waals surface area contributed by atoms with Crippen molar-refractivity contribution in [2.24, 2.45) is 0 Å². The summed E-state index contributed by atoms with van der Waals surface area (Å²) < 4.78 is 9.94. The van der Waals surface area contributed by atoms with Crippen LogP contribution in [0.4, 0.5) is 5.69 Å². The number of carbonyl (C=O) groups is 1. The molecule has 0 bridgehead atoms. The molecule has 82 valence electrons. The van der Waals surface area contributed by atoms with Crippen molar-refractivity contribution in [2.75, 3.05) is 19.5 Å². The molecule has 0 saturated carbocycles. The molecule has 2 N–H and O–H groups in total. The maximum Gasteiger partial charge on any atom is 0.221 e. The van der Waals surface area contributed by atoms with Gasteiger partial charge in [0.1, 0.15) is 5.75 Å². The summed E-state index contributed by atoms with van der Waals surface area (Å²) in [6.45, 7) is 1.38. The maximum atomic E-state index is 10.9. The molecule has 0 aromatic heterocycles. The topological polar surface area (TPSA) is 67.8 Å². The molecule has 5 heteroatoms. The third-order valence-corrected chi connectivity index (χ3v) is 1.81. The number of carbonyl (C=O) groups excluding carboxylic acids is 1. The number of aromatic hydroxyl groups is 1. The van der Waals surface area contributed by atoms with Crippen LogP contribution in [0, 0.1) is 0 Å². The zero-order valence-corrected chi connectivity index (χ0v) is 8.83. The molecule has 1 amide bonds. The molecular formula is C10H13NO4. The van der Waals surface area contributed by atoms with Crippen LogP contribution in [0.15, 0.2) is 12.1 Å². The minimum Gasteiger partial charge on any atom is -0.504 e. The minimum absolute atomic E-state index is 0.0537. The lowest BCUT2D eigenvalue weighted by atomic mass is 10.2. The predicted molar refractivity (Wildman–Crippen MR) is 55.5 cm³/mol. The number of nitrogens with one attached hydrogen (secondary N) is 1. The molecule has 0 atom stereocenters. The van der Waals surface area contributed by atoms with Gasteiger partial charge in [0.15, 0.2) is 11.5 Å². The van der Waals surface area contributed by atoms with Crippen LogP contribution in [0.1, 0.15) is 6.92 Å². The first-order chi connectivity index (χ1) is 7.08. The van der Waals surface area contributed by atoms with Crippen LogP contribution in [0.2, 0.25) is 0 Å². The Kier molecular flexibility index (Phi) is 3.38. The average molecular weight is 211 g/mol. The van der Waals surface area contributed by atoms with Crippen LogP contribution in [-0.2, 0) is 4.79 Å². The molecule has 0 fully saturated rings. The number of phenolic OH excluding ortho intramolecular Hbond substituents is 1. The van der Waals surface area contributed by atoms with Gasteiger partial charge in [0.05, 0.1) is 19.9 Å². The van der Waals surface area contributed by atoms with Gasteiger partial charge in [-0.3, -0.25) is 4.79 Å². The van der Waals surface area contributed by atoms with Crippen molar-refractivity contribution in [3.8, 4) is 17.2 Å². The summed E-state index contributed by atoms with van der Waals surface area (Å²) in [5.41, 5.74) is 0.406. The summed E-state index contributed by atoms with van der Waals surface area (Å²) in [6, 6.07) is 2.87. The summed E-state index contributed by atoms with van der Waals surface area (Å²) in [4.78, 5) is 10.9. The van der Waals surface area contributed by atoms with Gasteiger partial charge >= 0.3 is 0 Å². The Morgan fingerprint density at radius 1 is 1.27 bits per heavy atom. The third kappa shape index (κ3) is 2.52. The molecule has 1 aromatic rings. The van der Waals surface area contributed by atoms with Crippen molar-refractivity contribution in [1.82, 2.24) is 0 Å². The lowest BCUT2D eigenvalue weighted by Gasteiger charge is -2.11. The van der Waals surface area contributed by atoms with Crippen molar-refractivity contribution in [2.45, 2.75) is 6.92 Å². The number of ether oxygens (including phenoxy) is 2. The van der Waals surface area contributed by atoms with Gasteiger partial charge < -0.3 is 19.9 Å². The number of rotatable bonds is 3. The first-order valence-corrected chi connectivity index (χ1v) is 4.31. The van der Waals surface area contributed by atoms with E-state index < -0.39 is 0 Å². The highest BCUT2D eigenvalue weighted by molar-refractivity contribution is 5.91. The highest BCUT2D eigenvalue weighted by Crippen LogP contribution is 2.36. The molecule has 0 aliphatic carbocycles. The number of hydrogen-bond donors (Lipinski definition) is 2. The second kappa shape index (κ2) is 4.54. The number of benzene rings is 1. The molecule has 15 heavy (non-hydrogen) atoms. The highest BCUT2D eigenvalue weighted by Gasteiger charge is 2.10. The Hall–Kier alpha value is -1.91.